The van der Waals surface area contributed by atoms with Gasteiger partial charge < -0.3 is 14.6 Å². The lowest BCUT2D eigenvalue weighted by molar-refractivity contribution is -0.123. The summed E-state index contributed by atoms with van der Waals surface area (Å²) in [4.78, 5) is 39.4. The number of rotatable bonds is 5. The smallest absolute Gasteiger partial charge is 0.355 e. The lowest BCUT2D eigenvalue weighted by atomic mass is 10.2. The number of aromatic nitrogens is 2. The number of hydrogen-bond donors (Lipinski definition) is 1. The highest BCUT2D eigenvalue weighted by Gasteiger charge is 2.22. The number of nitrogens with one attached hydrogen (secondary N) is 1. The summed E-state index contributed by atoms with van der Waals surface area (Å²) in [6, 6.07) is 4.62. The third-order valence-corrected chi connectivity index (χ3v) is 3.59. The van der Waals surface area contributed by atoms with Crippen LogP contribution in [0.4, 0.5) is 5.69 Å². The van der Waals surface area contributed by atoms with Crippen molar-refractivity contribution in [2.24, 2.45) is 7.05 Å². The van der Waals surface area contributed by atoms with Crippen molar-refractivity contribution < 1.29 is 19.1 Å². The number of esters is 1. The van der Waals surface area contributed by atoms with E-state index in [1.54, 1.807) is 19.2 Å². The average molecular weight is 350 g/mol. The molecule has 2 heterocycles. The zero-order valence-electron chi connectivity index (χ0n) is 13.4. The monoisotopic (exact) mass is 349 g/mol. The van der Waals surface area contributed by atoms with Crippen LogP contribution in [0, 0.1) is 0 Å². The summed E-state index contributed by atoms with van der Waals surface area (Å²) in [5, 5.41) is 2.67. The molecule has 0 radical (unpaired) electrons. The number of anilines is 1. The zero-order chi connectivity index (χ0) is 17.9. The topological polar surface area (TPSA) is 90.3 Å². The summed E-state index contributed by atoms with van der Waals surface area (Å²) < 4.78 is 6.61. The van der Waals surface area contributed by atoms with Crippen LogP contribution in [-0.2, 0) is 16.6 Å². The Balaban J connectivity index is 2.04. The first-order valence-electron chi connectivity index (χ1n) is 7.09. The first kappa shape index (κ1) is 17.7. The van der Waals surface area contributed by atoms with E-state index >= 15 is 0 Å². The van der Waals surface area contributed by atoms with Crippen LogP contribution in [-0.4, -0.2) is 33.3 Å². The molecule has 0 saturated heterocycles. The van der Waals surface area contributed by atoms with Crippen LogP contribution in [0.15, 0.2) is 30.6 Å². The van der Waals surface area contributed by atoms with Crippen molar-refractivity contribution in [2.45, 2.75) is 20.0 Å². The summed E-state index contributed by atoms with van der Waals surface area (Å²) in [5.41, 5.74) is 0.896. The van der Waals surface area contributed by atoms with Crippen LogP contribution < -0.4 is 5.32 Å². The molecule has 2 aromatic rings. The van der Waals surface area contributed by atoms with Crippen LogP contribution in [0.5, 0.6) is 0 Å². The minimum Gasteiger partial charge on any atom is -0.448 e. The molecule has 1 atom stereocenters. The van der Waals surface area contributed by atoms with Gasteiger partial charge >= 0.3 is 5.97 Å². The summed E-state index contributed by atoms with van der Waals surface area (Å²) >= 11 is 5.86. The number of aryl methyl sites for hydroxylation is 1. The molecule has 7 nitrogen and oxygen atoms in total. The summed E-state index contributed by atoms with van der Waals surface area (Å²) in [6.45, 7) is 2.84. The van der Waals surface area contributed by atoms with Gasteiger partial charge in [0.1, 0.15) is 5.69 Å². The maximum Gasteiger partial charge on any atom is 0.355 e. The van der Waals surface area contributed by atoms with E-state index < -0.39 is 18.0 Å². The van der Waals surface area contributed by atoms with Gasteiger partial charge in [-0.05, 0) is 32.0 Å². The van der Waals surface area contributed by atoms with E-state index in [9.17, 15) is 14.4 Å². The molecule has 8 heteroatoms. The fourth-order valence-electron chi connectivity index (χ4n) is 1.95. The van der Waals surface area contributed by atoms with Crippen molar-refractivity contribution in [1.82, 2.24) is 9.55 Å². The minimum atomic E-state index is -1.05. The van der Waals surface area contributed by atoms with E-state index in [-0.39, 0.29) is 16.6 Å². The molecule has 1 unspecified atom stereocenters. The molecule has 0 aromatic carbocycles. The van der Waals surface area contributed by atoms with Gasteiger partial charge in [-0.25, -0.2) is 9.78 Å². The highest BCUT2D eigenvalue weighted by Crippen LogP contribution is 2.18. The molecule has 0 aliphatic heterocycles. The van der Waals surface area contributed by atoms with Gasteiger partial charge in [-0.1, -0.05) is 11.6 Å². The number of carbonyl (C=O) groups is 3. The van der Waals surface area contributed by atoms with Gasteiger partial charge in [-0.3, -0.25) is 9.59 Å². The molecule has 2 aromatic heterocycles. The molecule has 1 amide bonds. The predicted octanol–water partition coefficient (Wildman–Crippen LogP) is 2.46. The number of hydrogen-bond acceptors (Lipinski definition) is 5. The molecule has 0 aliphatic carbocycles. The molecular formula is C16H16ClN3O4. The Kier molecular flexibility index (Phi) is 5.35. The largest absolute Gasteiger partial charge is 0.448 e. The number of carbonyl (C=O) groups excluding carboxylic acids is 3. The van der Waals surface area contributed by atoms with Crippen LogP contribution in [0.2, 0.25) is 5.15 Å². The van der Waals surface area contributed by atoms with Gasteiger partial charge in [-0.15, -0.1) is 0 Å². The lowest BCUT2D eigenvalue weighted by Gasteiger charge is -2.14. The Labute approximate surface area is 143 Å². The second-order valence-corrected chi connectivity index (χ2v) is 5.52. The molecule has 126 valence electrons. The van der Waals surface area contributed by atoms with E-state index in [4.69, 9.17) is 16.3 Å². The van der Waals surface area contributed by atoms with Gasteiger partial charge in [-0.2, -0.15) is 0 Å². The number of pyridine rings is 1. The second kappa shape index (κ2) is 7.27. The molecule has 24 heavy (non-hydrogen) atoms. The van der Waals surface area contributed by atoms with E-state index in [0.29, 0.717) is 11.3 Å². The predicted molar refractivity (Wildman–Crippen MR) is 88.2 cm³/mol. The Morgan fingerprint density at radius 2 is 2.08 bits per heavy atom. The maximum absolute atomic E-state index is 12.2. The first-order chi connectivity index (χ1) is 11.3. The van der Waals surface area contributed by atoms with Crippen LogP contribution >= 0.6 is 11.6 Å². The quantitative estimate of drug-likeness (QED) is 0.508. The Morgan fingerprint density at radius 1 is 1.38 bits per heavy atom. The number of amides is 1. The highest BCUT2D eigenvalue weighted by atomic mass is 35.5. The third kappa shape index (κ3) is 3.99. The summed E-state index contributed by atoms with van der Waals surface area (Å²) in [7, 11) is 1.61. The highest BCUT2D eigenvalue weighted by molar-refractivity contribution is 6.32. The average Bonchev–Trinajstić information content (AvgIpc) is 2.91. The van der Waals surface area contributed by atoms with E-state index in [1.807, 2.05) is 0 Å². The molecule has 0 spiro atoms. The fraction of sp³-hybridized carbons (Fsp3) is 0.250. The van der Waals surface area contributed by atoms with Crippen molar-refractivity contribution in [3.63, 3.8) is 0 Å². The fourth-order valence-corrected chi connectivity index (χ4v) is 2.11. The molecule has 0 aliphatic rings. The summed E-state index contributed by atoms with van der Waals surface area (Å²) in [6.07, 6.45) is 1.96. The number of Topliss-reactive ketones (excluding diaryl/α,β-unsaturated/α-hetero) is 1. The Morgan fingerprint density at radius 3 is 2.67 bits per heavy atom. The molecule has 2 rings (SSSR count). The molecule has 0 bridgehead atoms. The van der Waals surface area contributed by atoms with Gasteiger partial charge in [0.05, 0.1) is 5.69 Å². The molecular weight excluding hydrogens is 334 g/mol. The van der Waals surface area contributed by atoms with Crippen LogP contribution in [0.3, 0.4) is 0 Å². The number of nitrogens with zero attached hydrogens (tertiary/aromatic N) is 2. The van der Waals surface area contributed by atoms with Gasteiger partial charge in [0.15, 0.2) is 17.0 Å². The van der Waals surface area contributed by atoms with E-state index in [0.717, 1.165) is 0 Å². The number of halogens is 1. The van der Waals surface area contributed by atoms with Crippen LogP contribution in [0.25, 0.3) is 0 Å². The third-order valence-electron chi connectivity index (χ3n) is 3.29. The minimum absolute atomic E-state index is 0.137. The maximum atomic E-state index is 12.2. The standard InChI is InChI=1S/C16H16ClN3O4/c1-9(21)11-7-13(20(3)8-11)16(23)24-10(2)15(22)19-12-5-4-6-18-14(12)17/h4-8,10H,1-3H3,(H,19,22). The van der Waals surface area contributed by atoms with Crippen molar-refractivity contribution in [3.05, 3.63) is 47.0 Å². The normalized spacial score (nSPS) is 11.7. The SMILES string of the molecule is CC(=O)c1cc(C(=O)OC(C)C(=O)Nc2cccnc2Cl)n(C)c1. The van der Waals surface area contributed by atoms with Gasteiger partial charge in [0, 0.05) is 25.0 Å². The van der Waals surface area contributed by atoms with Crippen molar-refractivity contribution in [1.29, 1.82) is 0 Å². The van der Waals surface area contributed by atoms with Crippen molar-refractivity contribution in [2.75, 3.05) is 5.32 Å². The number of ether oxygens (including phenoxy) is 1. The lowest BCUT2D eigenvalue weighted by Crippen LogP contribution is -2.30. The van der Waals surface area contributed by atoms with Crippen molar-refractivity contribution in [3.8, 4) is 0 Å². The van der Waals surface area contributed by atoms with Gasteiger partial charge in [0.25, 0.3) is 5.91 Å². The van der Waals surface area contributed by atoms with Crippen molar-refractivity contribution >= 4 is 34.9 Å². The number of ketones is 1. The van der Waals surface area contributed by atoms with Gasteiger partial charge in [0.2, 0.25) is 0 Å². The van der Waals surface area contributed by atoms with Crippen LogP contribution in [0.1, 0.15) is 34.7 Å². The van der Waals surface area contributed by atoms with E-state index in [2.05, 4.69) is 10.3 Å². The Bertz CT molecular complexity index is 800. The molecule has 0 saturated carbocycles. The summed E-state index contributed by atoms with van der Waals surface area (Å²) in [5.74, 6) is -1.41. The van der Waals surface area contributed by atoms with E-state index in [1.165, 1.54) is 36.9 Å². The molecule has 1 N–H and O–H groups in total. The molecule has 0 fully saturated rings. The Hall–Kier alpha value is -2.67. The zero-order valence-corrected chi connectivity index (χ0v) is 14.1. The first-order valence-corrected chi connectivity index (χ1v) is 7.47. The second-order valence-electron chi connectivity index (χ2n) is 5.16.